The van der Waals surface area contributed by atoms with E-state index in [9.17, 15) is 14.4 Å². The number of rotatable bonds is 6. The fourth-order valence-corrected chi connectivity index (χ4v) is 2.12. The molecule has 0 aliphatic carbocycles. The summed E-state index contributed by atoms with van der Waals surface area (Å²) in [6.07, 6.45) is 0. The lowest BCUT2D eigenvalue weighted by atomic mass is 10.2. The van der Waals surface area contributed by atoms with Crippen molar-refractivity contribution in [2.75, 3.05) is 13.2 Å². The Labute approximate surface area is 160 Å². The van der Waals surface area contributed by atoms with E-state index in [1.807, 2.05) is 6.07 Å². The van der Waals surface area contributed by atoms with Crippen LogP contribution in [-0.4, -0.2) is 30.9 Å². The van der Waals surface area contributed by atoms with Crippen molar-refractivity contribution in [3.63, 3.8) is 0 Å². The number of carbonyl (C=O) groups excluding carboxylic acids is 3. The van der Waals surface area contributed by atoms with Gasteiger partial charge in [0.1, 0.15) is 5.75 Å². The second-order valence-corrected chi connectivity index (χ2v) is 5.59. The molecule has 0 saturated carbocycles. The van der Waals surface area contributed by atoms with Gasteiger partial charge in [0.2, 0.25) is 0 Å². The van der Waals surface area contributed by atoms with Crippen LogP contribution >= 0.6 is 11.6 Å². The minimum atomic E-state index is -0.623. The van der Waals surface area contributed by atoms with Gasteiger partial charge in [-0.1, -0.05) is 23.7 Å². The fourth-order valence-electron chi connectivity index (χ4n) is 1.90. The van der Waals surface area contributed by atoms with Gasteiger partial charge in [0, 0.05) is 0 Å². The topological polar surface area (TPSA) is 120 Å². The molecule has 27 heavy (non-hydrogen) atoms. The standard InChI is InChI=1S/C18H15ClN4O4/c19-15-4-2-1-3-14(15)18(26)21-10-16(24)22-23-17(25)11-27-13-7-5-12(9-20)6-8-13/h1-8H,10-11H2,(H,21,26)(H,22,24)(H,23,25). The molecule has 0 aliphatic rings. The van der Waals surface area contributed by atoms with Crippen LogP contribution in [0.3, 0.4) is 0 Å². The first kappa shape index (κ1) is 19.8. The van der Waals surface area contributed by atoms with Crippen LogP contribution in [0, 0.1) is 11.3 Å². The summed E-state index contributed by atoms with van der Waals surface area (Å²) in [6, 6.07) is 14.6. The number of hydrogen-bond donors (Lipinski definition) is 3. The Bertz CT molecular complexity index is 878. The molecule has 8 nitrogen and oxygen atoms in total. The van der Waals surface area contributed by atoms with Crippen molar-refractivity contribution >= 4 is 29.3 Å². The van der Waals surface area contributed by atoms with E-state index in [2.05, 4.69) is 16.2 Å². The molecule has 3 N–H and O–H groups in total. The third kappa shape index (κ3) is 6.34. The first-order chi connectivity index (χ1) is 13.0. The molecule has 3 amide bonds. The second kappa shape index (κ2) is 9.79. The van der Waals surface area contributed by atoms with Crippen LogP contribution in [0.1, 0.15) is 15.9 Å². The van der Waals surface area contributed by atoms with Crippen molar-refractivity contribution in [3.05, 3.63) is 64.7 Å². The Morgan fingerprint density at radius 3 is 2.33 bits per heavy atom. The highest BCUT2D eigenvalue weighted by Gasteiger charge is 2.11. The maximum absolute atomic E-state index is 11.9. The van der Waals surface area contributed by atoms with Crippen LogP contribution in [0.2, 0.25) is 5.02 Å². The fraction of sp³-hybridized carbons (Fsp3) is 0.111. The average Bonchev–Trinajstić information content (AvgIpc) is 2.69. The summed E-state index contributed by atoms with van der Waals surface area (Å²) >= 11 is 5.89. The van der Waals surface area contributed by atoms with E-state index in [-0.39, 0.29) is 23.7 Å². The number of benzene rings is 2. The number of nitrogens with one attached hydrogen (secondary N) is 3. The molecule has 0 unspecified atom stereocenters. The molecule has 2 aromatic rings. The Kier molecular flexibility index (Phi) is 7.16. The molecule has 2 aromatic carbocycles. The van der Waals surface area contributed by atoms with Crippen molar-refractivity contribution in [2.24, 2.45) is 0 Å². The number of hydrazine groups is 1. The highest BCUT2D eigenvalue weighted by molar-refractivity contribution is 6.33. The summed E-state index contributed by atoms with van der Waals surface area (Å²) in [5.74, 6) is -1.32. The minimum absolute atomic E-state index is 0.242. The quantitative estimate of drug-likeness (QED) is 0.643. The van der Waals surface area contributed by atoms with Crippen molar-refractivity contribution in [1.29, 1.82) is 5.26 Å². The zero-order valence-corrected chi connectivity index (χ0v) is 14.7. The average molecular weight is 387 g/mol. The Hall–Kier alpha value is -3.57. The molecule has 0 atom stereocenters. The molecule has 9 heteroatoms. The molecule has 2 rings (SSSR count). The predicted molar refractivity (Wildman–Crippen MR) is 96.7 cm³/mol. The third-order valence-electron chi connectivity index (χ3n) is 3.22. The van der Waals surface area contributed by atoms with Gasteiger partial charge in [-0.2, -0.15) is 5.26 Å². The van der Waals surface area contributed by atoms with E-state index >= 15 is 0 Å². The van der Waals surface area contributed by atoms with Crippen molar-refractivity contribution in [3.8, 4) is 11.8 Å². The number of amides is 3. The Morgan fingerprint density at radius 1 is 1.00 bits per heavy atom. The minimum Gasteiger partial charge on any atom is -0.484 e. The molecule has 138 valence electrons. The molecular weight excluding hydrogens is 372 g/mol. The Balaban J connectivity index is 1.68. The third-order valence-corrected chi connectivity index (χ3v) is 3.55. The predicted octanol–water partition coefficient (Wildman–Crippen LogP) is 1.17. The summed E-state index contributed by atoms with van der Waals surface area (Å²) in [5, 5.41) is 11.4. The number of nitriles is 1. The lowest BCUT2D eigenvalue weighted by Crippen LogP contribution is -2.47. The van der Waals surface area contributed by atoms with E-state index in [0.717, 1.165) is 0 Å². The van der Waals surface area contributed by atoms with Crippen LogP contribution in [-0.2, 0) is 9.59 Å². The molecule has 0 bridgehead atoms. The van der Waals surface area contributed by atoms with E-state index in [1.165, 1.54) is 6.07 Å². The van der Waals surface area contributed by atoms with Gasteiger partial charge in [-0.15, -0.1) is 0 Å². The summed E-state index contributed by atoms with van der Waals surface area (Å²) in [7, 11) is 0. The number of hydrogen-bond acceptors (Lipinski definition) is 5. The number of ether oxygens (including phenoxy) is 1. The Morgan fingerprint density at radius 2 is 1.67 bits per heavy atom. The normalized spacial score (nSPS) is 9.63. The SMILES string of the molecule is N#Cc1ccc(OCC(=O)NNC(=O)CNC(=O)c2ccccc2Cl)cc1. The molecular formula is C18H15ClN4O4. The van der Waals surface area contributed by atoms with Crippen LogP contribution in [0.5, 0.6) is 5.75 Å². The highest BCUT2D eigenvalue weighted by atomic mass is 35.5. The van der Waals surface area contributed by atoms with Gasteiger partial charge < -0.3 is 10.1 Å². The number of nitrogens with zero attached hydrogens (tertiary/aromatic N) is 1. The lowest BCUT2D eigenvalue weighted by molar-refractivity contribution is -0.129. The van der Waals surface area contributed by atoms with Gasteiger partial charge in [-0.25, -0.2) is 0 Å². The van der Waals surface area contributed by atoms with Gasteiger partial charge in [0.25, 0.3) is 17.7 Å². The van der Waals surface area contributed by atoms with Crippen molar-refractivity contribution < 1.29 is 19.1 Å². The molecule has 0 spiro atoms. The van der Waals surface area contributed by atoms with Gasteiger partial charge >= 0.3 is 0 Å². The summed E-state index contributed by atoms with van der Waals surface area (Å²) in [6.45, 7) is -0.682. The zero-order valence-electron chi connectivity index (χ0n) is 14.0. The van der Waals surface area contributed by atoms with Crippen LogP contribution < -0.4 is 20.9 Å². The highest BCUT2D eigenvalue weighted by Crippen LogP contribution is 2.14. The van der Waals surface area contributed by atoms with Crippen LogP contribution in [0.4, 0.5) is 0 Å². The van der Waals surface area contributed by atoms with E-state index < -0.39 is 17.7 Å². The number of carbonyl (C=O) groups is 3. The van der Waals surface area contributed by atoms with Gasteiger partial charge in [-0.3, -0.25) is 25.2 Å². The second-order valence-electron chi connectivity index (χ2n) is 5.18. The van der Waals surface area contributed by atoms with Crippen LogP contribution in [0.25, 0.3) is 0 Å². The summed E-state index contributed by atoms with van der Waals surface area (Å²) < 4.78 is 5.21. The zero-order chi connectivity index (χ0) is 19.6. The number of halogens is 1. The maximum atomic E-state index is 11.9. The van der Waals surface area contributed by atoms with Crippen LogP contribution in [0.15, 0.2) is 48.5 Å². The molecule has 0 radical (unpaired) electrons. The molecule has 0 aromatic heterocycles. The van der Waals surface area contributed by atoms with Gasteiger partial charge in [0.05, 0.1) is 28.8 Å². The van der Waals surface area contributed by atoms with Gasteiger partial charge in [-0.05, 0) is 36.4 Å². The molecule has 0 fully saturated rings. The molecule has 0 aliphatic heterocycles. The van der Waals surface area contributed by atoms with Crippen molar-refractivity contribution in [1.82, 2.24) is 16.2 Å². The lowest BCUT2D eigenvalue weighted by Gasteiger charge is -2.10. The summed E-state index contributed by atoms with van der Waals surface area (Å²) in [5.41, 5.74) is 5.02. The first-order valence-electron chi connectivity index (χ1n) is 7.73. The monoisotopic (exact) mass is 386 g/mol. The first-order valence-corrected chi connectivity index (χ1v) is 8.11. The molecule has 0 saturated heterocycles. The van der Waals surface area contributed by atoms with E-state index in [4.69, 9.17) is 21.6 Å². The maximum Gasteiger partial charge on any atom is 0.276 e. The largest absolute Gasteiger partial charge is 0.484 e. The van der Waals surface area contributed by atoms with E-state index in [0.29, 0.717) is 11.3 Å². The van der Waals surface area contributed by atoms with Crippen molar-refractivity contribution in [2.45, 2.75) is 0 Å². The smallest absolute Gasteiger partial charge is 0.276 e. The molecule has 0 heterocycles. The summed E-state index contributed by atoms with van der Waals surface area (Å²) in [4.78, 5) is 35.2. The van der Waals surface area contributed by atoms with E-state index in [1.54, 1.807) is 42.5 Å². The van der Waals surface area contributed by atoms with Gasteiger partial charge in [0.15, 0.2) is 6.61 Å².